The van der Waals surface area contributed by atoms with Crippen LogP contribution in [0.1, 0.15) is 11.1 Å². The number of aryl methyl sites for hydroxylation is 1. The van der Waals surface area contributed by atoms with Crippen LogP contribution in [0, 0.1) is 24.0 Å². The zero-order valence-corrected chi connectivity index (χ0v) is 11.4. The molecule has 5 heteroatoms. The molecule has 4 nitrogen and oxygen atoms in total. The van der Waals surface area contributed by atoms with Crippen LogP contribution in [0.3, 0.4) is 0 Å². The van der Waals surface area contributed by atoms with Crippen LogP contribution in [0.15, 0.2) is 36.4 Å². The minimum Gasteiger partial charge on any atom is -0.350 e. The maximum atomic E-state index is 11.1. The molecule has 0 amide bonds. The highest BCUT2D eigenvalue weighted by atomic mass is 35.5. The number of benzene rings is 2. The summed E-state index contributed by atoms with van der Waals surface area (Å²) in [6.45, 7) is 3.96. The quantitative estimate of drug-likeness (QED) is 0.658. The molecule has 0 aromatic heterocycles. The van der Waals surface area contributed by atoms with Crippen LogP contribution in [0.5, 0.6) is 0 Å². The lowest BCUT2D eigenvalue weighted by molar-refractivity contribution is -0.383. The van der Waals surface area contributed by atoms with E-state index in [1.54, 1.807) is 12.1 Å². The Labute approximate surface area is 116 Å². The predicted octanol–water partition coefficient (Wildman–Crippen LogP) is 4.61. The standard InChI is InChI=1S/C14H13ClN2O2/c1-9-5-3-7-12(10(9)2)16-13-8-4-6-11(15)14(13)17(18)19/h3-8,16H,1-2H3. The smallest absolute Gasteiger partial charge is 0.311 e. The van der Waals surface area contributed by atoms with Crippen LogP contribution in [0.4, 0.5) is 17.1 Å². The average Bonchev–Trinajstić information content (AvgIpc) is 2.34. The molecular weight excluding hydrogens is 264 g/mol. The molecule has 0 aliphatic carbocycles. The lowest BCUT2D eigenvalue weighted by atomic mass is 10.1. The Hall–Kier alpha value is -2.07. The minimum absolute atomic E-state index is 0.106. The third-order valence-electron chi connectivity index (χ3n) is 3.04. The summed E-state index contributed by atoms with van der Waals surface area (Å²) in [6, 6.07) is 10.6. The van der Waals surface area contributed by atoms with Crippen LogP contribution >= 0.6 is 11.6 Å². The third-order valence-corrected chi connectivity index (χ3v) is 3.35. The van der Waals surface area contributed by atoms with Crippen LogP contribution in [-0.2, 0) is 0 Å². The van der Waals surface area contributed by atoms with Crippen molar-refractivity contribution in [2.45, 2.75) is 13.8 Å². The molecule has 2 aromatic carbocycles. The van der Waals surface area contributed by atoms with Crippen LogP contribution < -0.4 is 5.32 Å². The molecule has 2 rings (SSSR count). The number of rotatable bonds is 3. The van der Waals surface area contributed by atoms with E-state index in [2.05, 4.69) is 5.32 Å². The molecule has 0 fully saturated rings. The van der Waals surface area contributed by atoms with E-state index >= 15 is 0 Å². The van der Waals surface area contributed by atoms with Gasteiger partial charge in [-0.25, -0.2) is 0 Å². The second-order valence-electron chi connectivity index (χ2n) is 4.27. The minimum atomic E-state index is -0.476. The Kier molecular flexibility index (Phi) is 3.71. The van der Waals surface area contributed by atoms with E-state index in [0.29, 0.717) is 5.69 Å². The molecule has 0 unspecified atom stereocenters. The summed E-state index contributed by atoms with van der Waals surface area (Å²) in [5.74, 6) is 0. The first-order valence-electron chi connectivity index (χ1n) is 5.77. The molecule has 98 valence electrons. The lowest BCUT2D eigenvalue weighted by Crippen LogP contribution is -1.99. The first-order chi connectivity index (χ1) is 9.00. The van der Waals surface area contributed by atoms with Crippen molar-refractivity contribution in [1.29, 1.82) is 0 Å². The van der Waals surface area contributed by atoms with Crippen molar-refractivity contribution in [3.63, 3.8) is 0 Å². The number of hydrogen-bond donors (Lipinski definition) is 1. The first kappa shape index (κ1) is 13.4. The van der Waals surface area contributed by atoms with Crippen molar-refractivity contribution in [3.05, 3.63) is 62.7 Å². The van der Waals surface area contributed by atoms with Gasteiger partial charge in [-0.3, -0.25) is 10.1 Å². The van der Waals surface area contributed by atoms with E-state index in [0.717, 1.165) is 16.8 Å². The normalized spacial score (nSPS) is 10.3. The number of nitro benzene ring substituents is 1. The van der Waals surface area contributed by atoms with Crippen molar-refractivity contribution >= 4 is 28.7 Å². The fourth-order valence-corrected chi connectivity index (χ4v) is 2.08. The summed E-state index contributed by atoms with van der Waals surface area (Å²) in [7, 11) is 0. The van der Waals surface area contributed by atoms with E-state index in [1.165, 1.54) is 6.07 Å². The van der Waals surface area contributed by atoms with Gasteiger partial charge in [-0.1, -0.05) is 29.8 Å². The zero-order chi connectivity index (χ0) is 14.0. The van der Waals surface area contributed by atoms with Gasteiger partial charge in [0.15, 0.2) is 0 Å². The molecule has 0 atom stereocenters. The van der Waals surface area contributed by atoms with Crippen LogP contribution in [0.2, 0.25) is 5.02 Å². The maximum Gasteiger partial charge on any atom is 0.311 e. The van der Waals surface area contributed by atoms with E-state index in [1.807, 2.05) is 32.0 Å². The maximum absolute atomic E-state index is 11.1. The van der Waals surface area contributed by atoms with Gasteiger partial charge in [0.05, 0.1) is 4.92 Å². The molecule has 0 saturated heterocycles. The van der Waals surface area contributed by atoms with Gasteiger partial charge in [-0.2, -0.15) is 0 Å². The van der Waals surface area contributed by atoms with Crippen molar-refractivity contribution < 1.29 is 4.92 Å². The van der Waals surface area contributed by atoms with Gasteiger partial charge >= 0.3 is 5.69 Å². The van der Waals surface area contributed by atoms with Gasteiger partial charge in [0.1, 0.15) is 10.7 Å². The average molecular weight is 277 g/mol. The molecule has 0 heterocycles. The monoisotopic (exact) mass is 276 g/mol. The summed E-state index contributed by atoms with van der Waals surface area (Å²) in [5, 5.41) is 14.3. The molecule has 0 spiro atoms. The summed E-state index contributed by atoms with van der Waals surface area (Å²) >= 11 is 5.88. The molecule has 0 aliphatic rings. The molecular formula is C14H13ClN2O2. The van der Waals surface area contributed by atoms with Crippen molar-refractivity contribution in [1.82, 2.24) is 0 Å². The number of para-hydroxylation sites is 1. The molecule has 1 N–H and O–H groups in total. The van der Waals surface area contributed by atoms with Gasteiger partial charge in [-0.05, 0) is 43.2 Å². The number of anilines is 2. The van der Waals surface area contributed by atoms with E-state index in [-0.39, 0.29) is 10.7 Å². The second kappa shape index (κ2) is 5.28. The first-order valence-corrected chi connectivity index (χ1v) is 6.14. The summed E-state index contributed by atoms with van der Waals surface area (Å²) in [6.07, 6.45) is 0. The molecule has 0 bridgehead atoms. The fraction of sp³-hybridized carbons (Fsp3) is 0.143. The fourth-order valence-electron chi connectivity index (χ4n) is 1.83. The summed E-state index contributed by atoms with van der Waals surface area (Å²) in [5.41, 5.74) is 3.30. The molecule has 0 aliphatic heterocycles. The lowest BCUT2D eigenvalue weighted by Gasteiger charge is -2.12. The van der Waals surface area contributed by atoms with E-state index in [4.69, 9.17) is 11.6 Å². The molecule has 0 radical (unpaired) electrons. The SMILES string of the molecule is Cc1cccc(Nc2cccc(Cl)c2[N+](=O)[O-])c1C. The second-order valence-corrected chi connectivity index (χ2v) is 4.67. The highest BCUT2D eigenvalue weighted by Gasteiger charge is 2.18. The summed E-state index contributed by atoms with van der Waals surface area (Å²) < 4.78 is 0. The third kappa shape index (κ3) is 2.69. The number of hydrogen-bond acceptors (Lipinski definition) is 3. The van der Waals surface area contributed by atoms with Crippen molar-refractivity contribution in [3.8, 4) is 0 Å². The van der Waals surface area contributed by atoms with Gasteiger partial charge < -0.3 is 5.32 Å². The Bertz CT molecular complexity index is 641. The van der Waals surface area contributed by atoms with Gasteiger partial charge in [-0.15, -0.1) is 0 Å². The highest BCUT2D eigenvalue weighted by Crippen LogP contribution is 2.35. The topological polar surface area (TPSA) is 55.2 Å². The van der Waals surface area contributed by atoms with Gasteiger partial charge in [0, 0.05) is 5.69 Å². The van der Waals surface area contributed by atoms with E-state index < -0.39 is 4.92 Å². The van der Waals surface area contributed by atoms with Crippen molar-refractivity contribution in [2.24, 2.45) is 0 Å². The highest BCUT2D eigenvalue weighted by molar-refractivity contribution is 6.33. The van der Waals surface area contributed by atoms with Crippen LogP contribution in [-0.4, -0.2) is 4.92 Å². The molecule has 0 saturated carbocycles. The Morgan fingerprint density at radius 2 is 1.74 bits per heavy atom. The van der Waals surface area contributed by atoms with Crippen molar-refractivity contribution in [2.75, 3.05) is 5.32 Å². The number of nitrogens with zero attached hydrogens (tertiary/aromatic N) is 1. The number of nitro groups is 1. The molecule has 19 heavy (non-hydrogen) atoms. The largest absolute Gasteiger partial charge is 0.350 e. The van der Waals surface area contributed by atoms with Gasteiger partial charge in [0.2, 0.25) is 0 Å². The Balaban J connectivity index is 2.47. The number of nitrogens with one attached hydrogen (secondary N) is 1. The zero-order valence-electron chi connectivity index (χ0n) is 10.6. The van der Waals surface area contributed by atoms with Crippen LogP contribution in [0.25, 0.3) is 0 Å². The summed E-state index contributed by atoms with van der Waals surface area (Å²) in [4.78, 5) is 10.6. The predicted molar refractivity (Wildman–Crippen MR) is 77.3 cm³/mol. The Morgan fingerprint density at radius 3 is 2.42 bits per heavy atom. The number of halogens is 1. The van der Waals surface area contributed by atoms with E-state index in [9.17, 15) is 10.1 Å². The Morgan fingerprint density at radius 1 is 1.11 bits per heavy atom. The molecule has 2 aromatic rings. The van der Waals surface area contributed by atoms with Gasteiger partial charge in [0.25, 0.3) is 0 Å².